The van der Waals surface area contributed by atoms with E-state index in [0.29, 0.717) is 12.2 Å². The Balaban J connectivity index is 1.78. The second-order valence-electron chi connectivity index (χ2n) is 6.58. The summed E-state index contributed by atoms with van der Waals surface area (Å²) in [6, 6.07) is 5.72. The van der Waals surface area contributed by atoms with E-state index in [1.807, 2.05) is 37.1 Å². The Morgan fingerprint density at radius 3 is 3.00 bits per heavy atom. The number of amides is 1. The summed E-state index contributed by atoms with van der Waals surface area (Å²) in [5.41, 5.74) is 2.20. The van der Waals surface area contributed by atoms with Crippen molar-refractivity contribution < 1.29 is 4.79 Å². The zero-order chi connectivity index (χ0) is 19.2. The Morgan fingerprint density at radius 1 is 1.37 bits per heavy atom. The van der Waals surface area contributed by atoms with Gasteiger partial charge in [0, 0.05) is 44.1 Å². The molecule has 7 nitrogen and oxygen atoms in total. The fourth-order valence-corrected chi connectivity index (χ4v) is 3.27. The third kappa shape index (κ3) is 4.55. The zero-order valence-electron chi connectivity index (χ0n) is 15.7. The fourth-order valence-electron chi connectivity index (χ4n) is 3.27. The Kier molecular flexibility index (Phi) is 5.90. The number of rotatable bonds is 5. The van der Waals surface area contributed by atoms with Crippen LogP contribution >= 0.6 is 0 Å². The molecule has 1 fully saturated rings. The fraction of sp³-hybridized carbons (Fsp3) is 0.350. The van der Waals surface area contributed by atoms with Crippen molar-refractivity contribution in [3.8, 4) is 11.1 Å². The van der Waals surface area contributed by atoms with Crippen molar-refractivity contribution in [2.75, 3.05) is 30.8 Å². The number of likely N-dealkylation sites (tertiary alicyclic amines) is 1. The molecule has 2 aromatic rings. The maximum Gasteiger partial charge on any atom is 0.271 e. The Morgan fingerprint density at radius 2 is 2.22 bits per heavy atom. The maximum atomic E-state index is 12.3. The highest BCUT2D eigenvalue weighted by Crippen LogP contribution is 2.22. The maximum absolute atomic E-state index is 12.3. The number of aromatic amines is 1. The molecule has 0 aliphatic carbocycles. The molecule has 1 amide bonds. The van der Waals surface area contributed by atoms with Gasteiger partial charge in [0.25, 0.3) is 5.56 Å². The zero-order valence-corrected chi connectivity index (χ0v) is 15.7. The smallest absolute Gasteiger partial charge is 0.271 e. The number of carbonyl (C=O) groups excluding carboxylic acids is 1. The minimum Gasteiger partial charge on any atom is -0.376 e. The van der Waals surface area contributed by atoms with Gasteiger partial charge in [0.15, 0.2) is 0 Å². The minimum atomic E-state index is -0.168. The summed E-state index contributed by atoms with van der Waals surface area (Å²) in [6.07, 6.45) is 8.59. The molecule has 0 spiro atoms. The van der Waals surface area contributed by atoms with E-state index in [0.717, 1.165) is 36.3 Å². The third-order valence-corrected chi connectivity index (χ3v) is 4.65. The standard InChI is InChI=1S/C20H25N5O2/c1-3-5-19(26)25-9-4-6-16(13-25)24-17-10-15(12-23-20(17)27)14-7-8-22-18(11-14)21-2/h3,5,7-8,10-12,16,24H,4,6,9,13H2,1-2H3,(H,21,22)(H,23,27)/t16-/m1/s1. The number of allylic oxidation sites excluding steroid dienone is 1. The Bertz CT molecular complexity index is 890. The average molecular weight is 367 g/mol. The summed E-state index contributed by atoms with van der Waals surface area (Å²) in [7, 11) is 1.82. The monoisotopic (exact) mass is 367 g/mol. The number of hydrogen-bond acceptors (Lipinski definition) is 5. The quantitative estimate of drug-likeness (QED) is 0.706. The van der Waals surface area contributed by atoms with E-state index in [4.69, 9.17) is 0 Å². The van der Waals surface area contributed by atoms with Crippen LogP contribution in [-0.4, -0.2) is 47.0 Å². The minimum absolute atomic E-state index is 0.0167. The highest BCUT2D eigenvalue weighted by atomic mass is 16.2. The number of piperidine rings is 1. The van der Waals surface area contributed by atoms with E-state index in [2.05, 4.69) is 20.6 Å². The number of anilines is 2. The number of carbonyl (C=O) groups is 1. The number of hydrogen-bond donors (Lipinski definition) is 3. The van der Waals surface area contributed by atoms with Crippen LogP contribution in [0.15, 0.2) is 47.5 Å². The van der Waals surface area contributed by atoms with E-state index in [1.54, 1.807) is 24.5 Å². The molecule has 0 bridgehead atoms. The molecule has 3 N–H and O–H groups in total. The number of aromatic nitrogens is 2. The van der Waals surface area contributed by atoms with Crippen molar-refractivity contribution in [1.29, 1.82) is 0 Å². The van der Waals surface area contributed by atoms with Crippen molar-refractivity contribution in [3.63, 3.8) is 0 Å². The largest absolute Gasteiger partial charge is 0.376 e. The van der Waals surface area contributed by atoms with Crippen LogP contribution in [0.5, 0.6) is 0 Å². The predicted octanol–water partition coefficient (Wildman–Crippen LogP) is 2.46. The van der Waals surface area contributed by atoms with Gasteiger partial charge in [-0.3, -0.25) is 9.59 Å². The first kappa shape index (κ1) is 18.7. The first-order valence-corrected chi connectivity index (χ1v) is 9.15. The van der Waals surface area contributed by atoms with Crippen LogP contribution in [0.4, 0.5) is 11.5 Å². The van der Waals surface area contributed by atoms with Crippen molar-refractivity contribution in [2.24, 2.45) is 0 Å². The van der Waals surface area contributed by atoms with Gasteiger partial charge >= 0.3 is 0 Å². The highest BCUT2D eigenvalue weighted by Gasteiger charge is 2.23. The van der Waals surface area contributed by atoms with E-state index < -0.39 is 0 Å². The molecule has 1 saturated heterocycles. The van der Waals surface area contributed by atoms with E-state index in [-0.39, 0.29) is 17.5 Å². The molecular formula is C20H25N5O2. The van der Waals surface area contributed by atoms with Crippen molar-refractivity contribution >= 4 is 17.4 Å². The molecular weight excluding hydrogens is 342 g/mol. The van der Waals surface area contributed by atoms with Gasteiger partial charge in [0.05, 0.1) is 0 Å². The number of H-pyrrole nitrogens is 1. The van der Waals surface area contributed by atoms with Gasteiger partial charge in [-0.25, -0.2) is 4.98 Å². The summed E-state index contributed by atoms with van der Waals surface area (Å²) in [5, 5.41) is 6.33. The Hall–Kier alpha value is -3.09. The predicted molar refractivity (Wildman–Crippen MR) is 108 cm³/mol. The SMILES string of the molecule is CC=CC(=O)N1CCC[C@@H](Nc2cc(-c3ccnc(NC)c3)c[nH]c2=O)C1. The van der Waals surface area contributed by atoms with E-state index in [9.17, 15) is 9.59 Å². The van der Waals surface area contributed by atoms with E-state index >= 15 is 0 Å². The molecule has 0 saturated carbocycles. The summed E-state index contributed by atoms with van der Waals surface area (Å²) in [4.78, 5) is 33.2. The van der Waals surface area contributed by atoms with Crippen LogP contribution in [0.1, 0.15) is 19.8 Å². The summed E-state index contributed by atoms with van der Waals surface area (Å²) >= 11 is 0. The van der Waals surface area contributed by atoms with Gasteiger partial charge in [-0.2, -0.15) is 0 Å². The lowest BCUT2D eigenvalue weighted by atomic mass is 10.0. The van der Waals surface area contributed by atoms with Gasteiger partial charge in [0.1, 0.15) is 11.5 Å². The molecule has 2 aromatic heterocycles. The van der Waals surface area contributed by atoms with Gasteiger partial charge in [-0.15, -0.1) is 0 Å². The summed E-state index contributed by atoms with van der Waals surface area (Å²) in [6.45, 7) is 3.18. The lowest BCUT2D eigenvalue weighted by Gasteiger charge is -2.33. The molecule has 142 valence electrons. The molecule has 27 heavy (non-hydrogen) atoms. The van der Waals surface area contributed by atoms with Crippen LogP contribution in [-0.2, 0) is 4.79 Å². The van der Waals surface area contributed by atoms with Gasteiger partial charge in [-0.05, 0) is 49.6 Å². The van der Waals surface area contributed by atoms with Crippen LogP contribution < -0.4 is 16.2 Å². The molecule has 0 aromatic carbocycles. The second-order valence-corrected chi connectivity index (χ2v) is 6.58. The lowest BCUT2D eigenvalue weighted by molar-refractivity contribution is -0.127. The number of nitrogens with one attached hydrogen (secondary N) is 3. The van der Waals surface area contributed by atoms with Crippen LogP contribution in [0.3, 0.4) is 0 Å². The van der Waals surface area contributed by atoms with E-state index in [1.165, 1.54) is 0 Å². The van der Waals surface area contributed by atoms with Crippen molar-refractivity contribution in [1.82, 2.24) is 14.9 Å². The normalized spacial score (nSPS) is 17.1. The Labute approximate surface area is 158 Å². The number of nitrogens with zero attached hydrogens (tertiary/aromatic N) is 2. The highest BCUT2D eigenvalue weighted by molar-refractivity contribution is 5.87. The van der Waals surface area contributed by atoms with Gasteiger partial charge < -0.3 is 20.5 Å². The van der Waals surface area contributed by atoms with Crippen LogP contribution in [0.2, 0.25) is 0 Å². The van der Waals surface area contributed by atoms with Gasteiger partial charge in [-0.1, -0.05) is 6.08 Å². The van der Waals surface area contributed by atoms with Crippen LogP contribution in [0.25, 0.3) is 11.1 Å². The first-order chi connectivity index (χ1) is 13.1. The summed E-state index contributed by atoms with van der Waals surface area (Å²) in [5.74, 6) is 0.779. The van der Waals surface area contributed by atoms with Crippen molar-refractivity contribution in [3.05, 3.63) is 53.1 Å². The van der Waals surface area contributed by atoms with Gasteiger partial charge in [0.2, 0.25) is 5.91 Å². The molecule has 0 unspecified atom stereocenters. The molecule has 7 heteroatoms. The average Bonchev–Trinajstić information content (AvgIpc) is 2.70. The first-order valence-electron chi connectivity index (χ1n) is 9.15. The third-order valence-electron chi connectivity index (χ3n) is 4.65. The molecule has 1 aliphatic rings. The lowest BCUT2D eigenvalue weighted by Crippen LogP contribution is -2.45. The number of pyridine rings is 2. The molecule has 1 aliphatic heterocycles. The second kappa shape index (κ2) is 8.53. The molecule has 3 rings (SSSR count). The van der Waals surface area contributed by atoms with Crippen molar-refractivity contribution in [2.45, 2.75) is 25.8 Å². The summed E-state index contributed by atoms with van der Waals surface area (Å²) < 4.78 is 0. The molecule has 3 heterocycles. The topological polar surface area (TPSA) is 90.1 Å². The molecule has 1 atom stereocenters. The molecule has 0 radical (unpaired) electrons. The van der Waals surface area contributed by atoms with Crippen LogP contribution in [0, 0.1) is 0 Å².